The van der Waals surface area contributed by atoms with Gasteiger partial charge < -0.3 is 5.84 Å². The molecule has 0 saturated carbocycles. The van der Waals surface area contributed by atoms with Gasteiger partial charge in [-0.3, -0.25) is 4.99 Å². The molecule has 0 aromatic carbocycles. The molecule has 0 atom stereocenters. The summed E-state index contributed by atoms with van der Waals surface area (Å²) < 4.78 is 0. The Morgan fingerprint density at radius 3 is 2.56 bits per heavy atom. The molecular formula is C6H13N3. The number of hydrogen-bond donors (Lipinski definition) is 1. The van der Waals surface area contributed by atoms with Gasteiger partial charge in [0.1, 0.15) is 0 Å². The minimum atomic E-state index is 0.791. The zero-order valence-electron chi connectivity index (χ0n) is 5.96. The number of nitrogens with two attached hydrogens (primary N) is 1. The number of hydrogen-bond acceptors (Lipinski definition) is 3. The third-order valence-corrected chi connectivity index (χ3v) is 0.951. The third-order valence-electron chi connectivity index (χ3n) is 0.951. The second-order valence-electron chi connectivity index (χ2n) is 1.60. The largest absolute Gasteiger partial charge is 0.323 e. The molecule has 0 aliphatic carbocycles. The van der Waals surface area contributed by atoms with Crippen molar-refractivity contribution in [3.05, 3.63) is 0 Å². The quantitative estimate of drug-likeness (QED) is 0.340. The molecule has 3 nitrogen and oxygen atoms in total. The van der Waals surface area contributed by atoms with Crippen molar-refractivity contribution < 1.29 is 0 Å². The van der Waals surface area contributed by atoms with E-state index in [9.17, 15) is 0 Å². The van der Waals surface area contributed by atoms with Gasteiger partial charge in [-0.05, 0) is 13.3 Å². The average Bonchev–Trinajstić information content (AvgIpc) is 1.91. The molecule has 0 unspecified atom stereocenters. The molecule has 2 N–H and O–H groups in total. The van der Waals surface area contributed by atoms with Gasteiger partial charge in [0.2, 0.25) is 0 Å². The Hall–Kier alpha value is -0.860. The highest BCUT2D eigenvalue weighted by atomic mass is 15.1. The van der Waals surface area contributed by atoms with Crippen LogP contribution in [0.25, 0.3) is 0 Å². The molecule has 0 heterocycles. The summed E-state index contributed by atoms with van der Waals surface area (Å²) in [6.45, 7) is 4.76. The Morgan fingerprint density at radius 1 is 1.56 bits per heavy atom. The van der Waals surface area contributed by atoms with Gasteiger partial charge in [-0.15, -0.1) is 0 Å². The monoisotopic (exact) mass is 127 g/mol. The van der Waals surface area contributed by atoms with Crippen molar-refractivity contribution in [2.24, 2.45) is 15.9 Å². The lowest BCUT2D eigenvalue weighted by atomic mass is 10.3. The van der Waals surface area contributed by atoms with Crippen molar-refractivity contribution in [3.63, 3.8) is 0 Å². The molecule has 0 bridgehead atoms. The number of aliphatic imine (C=N–C) groups is 1. The highest BCUT2D eigenvalue weighted by molar-refractivity contribution is 6.30. The van der Waals surface area contributed by atoms with E-state index in [0.717, 1.165) is 18.7 Å². The second-order valence-corrected chi connectivity index (χ2v) is 1.60. The van der Waals surface area contributed by atoms with Crippen molar-refractivity contribution in [3.8, 4) is 0 Å². The van der Waals surface area contributed by atoms with Crippen LogP contribution in [0.4, 0.5) is 0 Å². The molecule has 0 amide bonds. The van der Waals surface area contributed by atoms with E-state index in [2.05, 4.69) is 10.1 Å². The van der Waals surface area contributed by atoms with Crippen molar-refractivity contribution >= 4 is 11.9 Å². The number of nitrogens with zero attached hydrogens (tertiary/aromatic N) is 2. The van der Waals surface area contributed by atoms with Crippen LogP contribution in [-0.2, 0) is 0 Å². The van der Waals surface area contributed by atoms with Gasteiger partial charge in [0, 0.05) is 12.8 Å². The van der Waals surface area contributed by atoms with Gasteiger partial charge in [-0.2, -0.15) is 5.10 Å². The summed E-state index contributed by atoms with van der Waals surface area (Å²) >= 11 is 0. The van der Waals surface area contributed by atoms with E-state index < -0.39 is 0 Å². The van der Waals surface area contributed by atoms with Crippen LogP contribution in [0, 0.1) is 0 Å². The lowest BCUT2D eigenvalue weighted by Crippen LogP contribution is -2.01. The fourth-order valence-corrected chi connectivity index (χ4v) is 0.413. The highest BCUT2D eigenvalue weighted by Crippen LogP contribution is 1.78. The van der Waals surface area contributed by atoms with E-state index in [0.29, 0.717) is 0 Å². The Labute approximate surface area is 55.7 Å². The van der Waals surface area contributed by atoms with Crippen LogP contribution in [0.1, 0.15) is 20.3 Å². The summed E-state index contributed by atoms with van der Waals surface area (Å²) in [6.07, 6.45) is 2.56. The van der Waals surface area contributed by atoms with Crippen molar-refractivity contribution in [1.29, 1.82) is 0 Å². The topological polar surface area (TPSA) is 50.7 Å². The first-order chi connectivity index (χ1) is 4.35. The maximum Gasteiger partial charge on any atom is 0.0775 e. The molecule has 3 heteroatoms. The first-order valence-corrected chi connectivity index (χ1v) is 3.11. The van der Waals surface area contributed by atoms with E-state index >= 15 is 0 Å². The zero-order valence-corrected chi connectivity index (χ0v) is 5.96. The zero-order chi connectivity index (χ0) is 7.11. The molecule has 0 aromatic heterocycles. The molecule has 0 aliphatic rings. The predicted molar refractivity (Wildman–Crippen MR) is 40.9 cm³/mol. The van der Waals surface area contributed by atoms with Gasteiger partial charge >= 0.3 is 0 Å². The summed E-state index contributed by atoms with van der Waals surface area (Å²) in [4.78, 5) is 3.98. The van der Waals surface area contributed by atoms with E-state index in [1.165, 1.54) is 0 Å². The summed E-state index contributed by atoms with van der Waals surface area (Å²) in [7, 11) is 0. The Balaban J connectivity index is 3.70. The maximum atomic E-state index is 5.02. The van der Waals surface area contributed by atoms with Gasteiger partial charge in [-0.25, -0.2) is 0 Å². The molecule has 0 spiro atoms. The minimum Gasteiger partial charge on any atom is -0.323 e. The van der Waals surface area contributed by atoms with E-state index in [-0.39, 0.29) is 0 Å². The van der Waals surface area contributed by atoms with Crippen LogP contribution < -0.4 is 5.84 Å². The molecule has 0 aliphatic heterocycles. The van der Waals surface area contributed by atoms with Crippen LogP contribution in [0.15, 0.2) is 10.1 Å². The summed E-state index contributed by atoms with van der Waals surface area (Å²) in [5, 5.41) is 3.51. The van der Waals surface area contributed by atoms with Gasteiger partial charge in [0.05, 0.1) is 5.71 Å². The molecular weight excluding hydrogens is 114 g/mol. The lowest BCUT2D eigenvalue weighted by Gasteiger charge is -1.88. The van der Waals surface area contributed by atoms with Crippen LogP contribution >= 0.6 is 0 Å². The SMILES string of the molecule is CCN=CC(CC)=NN. The van der Waals surface area contributed by atoms with Gasteiger partial charge in [0.15, 0.2) is 0 Å². The third kappa shape index (κ3) is 3.70. The smallest absolute Gasteiger partial charge is 0.0775 e. The van der Waals surface area contributed by atoms with Gasteiger partial charge in [0.25, 0.3) is 0 Å². The highest BCUT2D eigenvalue weighted by Gasteiger charge is 1.85. The fourth-order valence-electron chi connectivity index (χ4n) is 0.413. The molecule has 0 saturated heterocycles. The average molecular weight is 127 g/mol. The Morgan fingerprint density at radius 2 is 2.22 bits per heavy atom. The summed E-state index contributed by atoms with van der Waals surface area (Å²) in [5.74, 6) is 5.02. The number of rotatable bonds is 3. The van der Waals surface area contributed by atoms with E-state index in [1.807, 2.05) is 13.8 Å². The van der Waals surface area contributed by atoms with Crippen molar-refractivity contribution in [1.82, 2.24) is 0 Å². The first kappa shape index (κ1) is 8.14. The first-order valence-electron chi connectivity index (χ1n) is 3.11. The Kier molecular flexibility index (Phi) is 4.78. The molecule has 0 aromatic rings. The summed E-state index contributed by atoms with van der Waals surface area (Å²) in [5.41, 5.74) is 0.844. The minimum absolute atomic E-state index is 0.791. The van der Waals surface area contributed by atoms with Crippen LogP contribution in [0.2, 0.25) is 0 Å². The van der Waals surface area contributed by atoms with Crippen LogP contribution in [-0.4, -0.2) is 18.5 Å². The lowest BCUT2D eigenvalue weighted by molar-refractivity contribution is 1.13. The second kappa shape index (κ2) is 5.28. The van der Waals surface area contributed by atoms with Crippen molar-refractivity contribution in [2.45, 2.75) is 20.3 Å². The summed E-state index contributed by atoms with van der Waals surface area (Å²) in [6, 6.07) is 0. The van der Waals surface area contributed by atoms with E-state index in [1.54, 1.807) is 6.21 Å². The number of hydrazone groups is 1. The molecule has 52 valence electrons. The molecule has 0 fully saturated rings. The van der Waals surface area contributed by atoms with Crippen molar-refractivity contribution in [2.75, 3.05) is 6.54 Å². The normalized spacial score (nSPS) is 12.9. The van der Waals surface area contributed by atoms with E-state index in [4.69, 9.17) is 5.84 Å². The fraction of sp³-hybridized carbons (Fsp3) is 0.667. The molecule has 9 heavy (non-hydrogen) atoms. The van der Waals surface area contributed by atoms with Gasteiger partial charge in [-0.1, -0.05) is 6.92 Å². The maximum absolute atomic E-state index is 5.02. The van der Waals surface area contributed by atoms with Crippen LogP contribution in [0.5, 0.6) is 0 Å². The Bertz CT molecular complexity index is 115. The van der Waals surface area contributed by atoms with Crippen LogP contribution in [0.3, 0.4) is 0 Å². The molecule has 0 rings (SSSR count). The standard InChI is InChI=1S/C6H13N3/c1-3-6(9-7)5-8-4-2/h5H,3-4,7H2,1-2H3. The predicted octanol–water partition coefficient (Wildman–Crippen LogP) is 0.802. The molecule has 0 radical (unpaired) electrons.